The second-order valence-electron chi connectivity index (χ2n) is 12.6. The van der Waals surface area contributed by atoms with Crippen LogP contribution in [0.1, 0.15) is 84.5 Å². The molecular weight excluding hydrogens is 486 g/mol. The van der Waals surface area contributed by atoms with E-state index < -0.39 is 23.6 Å². The van der Waals surface area contributed by atoms with E-state index in [1.165, 1.54) is 13.2 Å². The van der Waals surface area contributed by atoms with Gasteiger partial charge in [0.25, 0.3) is 0 Å². The highest BCUT2D eigenvalue weighted by atomic mass is 16.6. The van der Waals surface area contributed by atoms with Crippen LogP contribution in [0.25, 0.3) is 0 Å². The van der Waals surface area contributed by atoms with Gasteiger partial charge in [-0.15, -0.1) is 0 Å². The summed E-state index contributed by atoms with van der Waals surface area (Å²) in [6.45, 7) is 9.20. The summed E-state index contributed by atoms with van der Waals surface area (Å²) in [4.78, 5) is 34.5. The summed E-state index contributed by atoms with van der Waals surface area (Å²) < 4.78 is 10.5. The molecule has 0 saturated heterocycles. The summed E-state index contributed by atoms with van der Waals surface area (Å²) in [7, 11) is 1.36. The Hall–Kier alpha value is -2.35. The minimum absolute atomic E-state index is 0.0249. The number of carbonyl (C=O) groups is 3. The number of carboxylic acids is 1. The van der Waals surface area contributed by atoms with E-state index in [0.29, 0.717) is 24.8 Å². The van der Waals surface area contributed by atoms with Crippen LogP contribution in [-0.4, -0.2) is 53.6 Å². The van der Waals surface area contributed by atoms with Crippen molar-refractivity contribution in [1.29, 1.82) is 0 Å². The van der Waals surface area contributed by atoms with E-state index in [9.17, 15) is 19.5 Å². The number of ether oxygens (including phenoxy) is 2. The monoisotopic (exact) mass is 531 g/mol. The first-order valence-corrected chi connectivity index (χ1v) is 14.3. The number of alkyl carbamates (subject to hydrolysis) is 1. The first-order valence-electron chi connectivity index (χ1n) is 14.3. The number of aliphatic hydroxyl groups is 1. The van der Waals surface area contributed by atoms with Gasteiger partial charge in [-0.1, -0.05) is 32.1 Å². The van der Waals surface area contributed by atoms with Crippen LogP contribution in [-0.2, 0) is 19.1 Å². The number of esters is 1. The molecule has 1 amide bonds. The van der Waals surface area contributed by atoms with E-state index in [0.717, 1.165) is 63.4 Å². The Balaban J connectivity index is 1.39. The van der Waals surface area contributed by atoms with Crippen LogP contribution in [0.3, 0.4) is 0 Å². The van der Waals surface area contributed by atoms with Crippen LogP contribution in [0.5, 0.6) is 0 Å². The lowest BCUT2D eigenvalue weighted by Gasteiger charge is -2.63. The third-order valence-electron chi connectivity index (χ3n) is 11.0. The topological polar surface area (TPSA) is 122 Å². The molecule has 8 atom stereocenters. The minimum atomic E-state index is -0.872. The number of allylic oxidation sites excluding steroid dienone is 2. The molecule has 3 N–H and O–H groups in total. The van der Waals surface area contributed by atoms with Crippen molar-refractivity contribution in [1.82, 2.24) is 5.32 Å². The maximum atomic E-state index is 12.3. The zero-order valence-electron chi connectivity index (χ0n) is 23.2. The van der Waals surface area contributed by atoms with Gasteiger partial charge < -0.3 is 25.0 Å². The van der Waals surface area contributed by atoms with Crippen molar-refractivity contribution in [2.24, 2.45) is 34.5 Å². The smallest absolute Gasteiger partial charge is 0.407 e. The van der Waals surface area contributed by atoms with Crippen LogP contribution in [0.15, 0.2) is 24.3 Å². The van der Waals surface area contributed by atoms with Crippen molar-refractivity contribution in [3.05, 3.63) is 24.3 Å². The number of methoxy groups -OCH3 is 1. The van der Waals surface area contributed by atoms with Crippen LogP contribution in [0.2, 0.25) is 0 Å². The molecule has 0 radical (unpaired) electrons. The van der Waals surface area contributed by atoms with Gasteiger partial charge in [-0.05, 0) is 93.3 Å². The standard InChI is InChI=1S/C30H45NO7/c1-19(7-10-26(34)37-4)22-13-16-30(36)24-9-8-20-18-21(38-27(35)31-17-5-6-25(32)33)11-14-28(20,2)23(24)12-15-29(22,30)3/h7,10,20-24,36H,1,5-6,8-9,11-18H2,2-4H3,(H,31,35)(H,32,33)/b10-7-/t20-,21+,22-,23+,24-,28+,29-,30+/m1/s1. The van der Waals surface area contributed by atoms with E-state index in [-0.39, 0.29) is 35.2 Å². The predicted octanol–water partition coefficient (Wildman–Crippen LogP) is 5.01. The molecule has 4 fully saturated rings. The molecule has 8 nitrogen and oxygen atoms in total. The maximum Gasteiger partial charge on any atom is 0.407 e. The summed E-state index contributed by atoms with van der Waals surface area (Å²) in [6, 6.07) is 0. The third kappa shape index (κ3) is 5.13. The molecule has 0 aromatic heterocycles. The zero-order chi connectivity index (χ0) is 27.7. The summed E-state index contributed by atoms with van der Waals surface area (Å²) in [6.07, 6.45) is 11.3. The predicted molar refractivity (Wildman–Crippen MR) is 142 cm³/mol. The second-order valence-corrected chi connectivity index (χ2v) is 12.6. The Morgan fingerprint density at radius 2 is 1.79 bits per heavy atom. The summed E-state index contributed by atoms with van der Waals surface area (Å²) in [5.41, 5.74) is -0.0168. The van der Waals surface area contributed by atoms with Gasteiger partial charge in [-0.2, -0.15) is 0 Å². The highest BCUT2D eigenvalue weighted by molar-refractivity contribution is 5.82. The van der Waals surface area contributed by atoms with Gasteiger partial charge >= 0.3 is 18.0 Å². The van der Waals surface area contributed by atoms with Crippen molar-refractivity contribution in [3.8, 4) is 0 Å². The molecular formula is C30H45NO7. The lowest BCUT2D eigenvalue weighted by atomic mass is 9.43. The van der Waals surface area contributed by atoms with Crippen LogP contribution >= 0.6 is 0 Å². The Labute approximate surface area is 226 Å². The number of carboxylic acid groups (broad SMARTS) is 1. The molecule has 0 bridgehead atoms. The van der Waals surface area contributed by atoms with Gasteiger partial charge in [-0.25, -0.2) is 9.59 Å². The van der Waals surface area contributed by atoms with Gasteiger partial charge in [0.2, 0.25) is 0 Å². The van der Waals surface area contributed by atoms with Crippen molar-refractivity contribution in [3.63, 3.8) is 0 Å². The van der Waals surface area contributed by atoms with Gasteiger partial charge in [-0.3, -0.25) is 4.79 Å². The molecule has 212 valence electrons. The van der Waals surface area contributed by atoms with E-state index in [1.54, 1.807) is 6.08 Å². The first-order chi connectivity index (χ1) is 17.9. The zero-order valence-corrected chi connectivity index (χ0v) is 23.2. The van der Waals surface area contributed by atoms with Crippen molar-refractivity contribution in [2.75, 3.05) is 13.7 Å². The molecule has 0 aromatic rings. The number of amides is 1. The molecule has 0 unspecified atom stereocenters. The number of aliphatic carboxylic acids is 1. The first kappa shape index (κ1) is 28.7. The van der Waals surface area contributed by atoms with E-state index >= 15 is 0 Å². The van der Waals surface area contributed by atoms with Gasteiger partial charge in [0.15, 0.2) is 0 Å². The van der Waals surface area contributed by atoms with E-state index in [4.69, 9.17) is 14.6 Å². The summed E-state index contributed by atoms with van der Waals surface area (Å²) in [5.74, 6) is -0.00987. The maximum absolute atomic E-state index is 12.3. The fourth-order valence-electron chi connectivity index (χ4n) is 8.87. The summed E-state index contributed by atoms with van der Waals surface area (Å²) >= 11 is 0. The number of rotatable bonds is 8. The molecule has 4 rings (SSSR count). The average molecular weight is 532 g/mol. The van der Waals surface area contributed by atoms with E-state index in [2.05, 4.69) is 25.7 Å². The number of fused-ring (bicyclic) bond motifs is 5. The lowest BCUT2D eigenvalue weighted by molar-refractivity contribution is -0.207. The van der Waals surface area contributed by atoms with Crippen molar-refractivity contribution in [2.45, 2.75) is 96.2 Å². The minimum Gasteiger partial charge on any atom is -0.481 e. The Kier molecular flexibility index (Phi) is 8.31. The molecule has 0 heterocycles. The van der Waals surface area contributed by atoms with Gasteiger partial charge in [0, 0.05) is 24.5 Å². The van der Waals surface area contributed by atoms with Crippen molar-refractivity contribution < 1.29 is 34.1 Å². The number of carbonyl (C=O) groups excluding carboxylic acids is 2. The normalized spacial score (nSPS) is 39.9. The molecule has 0 aliphatic heterocycles. The van der Waals surface area contributed by atoms with Crippen molar-refractivity contribution >= 4 is 18.0 Å². The average Bonchev–Trinajstić information content (AvgIpc) is 3.16. The molecule has 8 heteroatoms. The number of hydrogen-bond donors (Lipinski definition) is 3. The quantitative estimate of drug-likeness (QED) is 0.174. The molecule has 0 spiro atoms. The molecule has 38 heavy (non-hydrogen) atoms. The molecule has 0 aromatic carbocycles. The fourth-order valence-corrected chi connectivity index (χ4v) is 8.87. The molecule has 4 saturated carbocycles. The summed E-state index contributed by atoms with van der Waals surface area (Å²) in [5, 5.41) is 23.8. The largest absolute Gasteiger partial charge is 0.481 e. The fraction of sp³-hybridized carbons (Fsp3) is 0.767. The Morgan fingerprint density at radius 3 is 2.50 bits per heavy atom. The molecule has 4 aliphatic carbocycles. The molecule has 4 aliphatic rings. The Bertz CT molecular complexity index is 978. The number of hydrogen-bond acceptors (Lipinski definition) is 6. The lowest BCUT2D eigenvalue weighted by Crippen LogP contribution is -2.62. The highest BCUT2D eigenvalue weighted by Gasteiger charge is 2.67. The second kappa shape index (κ2) is 11.0. The SMILES string of the molecule is C=C(/C=C\C(=O)OC)[C@H]1CC[C@]2(O)[C@@H]3CC[C@@H]4C[C@@H](OC(=O)NCCCC(=O)O)CC[C@]4(C)[C@H]3CC[C@]12C. The Morgan fingerprint density at radius 1 is 1.03 bits per heavy atom. The van der Waals surface area contributed by atoms with Crippen LogP contribution in [0.4, 0.5) is 4.79 Å². The van der Waals surface area contributed by atoms with E-state index in [1.807, 2.05) is 0 Å². The van der Waals surface area contributed by atoms with Crippen LogP contribution in [0, 0.1) is 34.5 Å². The van der Waals surface area contributed by atoms with Gasteiger partial charge in [0.05, 0.1) is 12.7 Å². The van der Waals surface area contributed by atoms with Crippen LogP contribution < -0.4 is 5.32 Å². The highest BCUT2D eigenvalue weighted by Crippen LogP contribution is 2.69. The van der Waals surface area contributed by atoms with Gasteiger partial charge in [0.1, 0.15) is 6.10 Å². The third-order valence-corrected chi connectivity index (χ3v) is 11.0. The number of nitrogens with one attached hydrogen (secondary N) is 1.